The zero-order valence-corrected chi connectivity index (χ0v) is 23.5. The number of hydrogen-bond acceptors (Lipinski definition) is 10. The third kappa shape index (κ3) is 8.49. The Kier molecular flexibility index (Phi) is 10.1. The number of carbonyl (C=O) groups is 2. The van der Waals surface area contributed by atoms with Crippen molar-refractivity contribution in [2.45, 2.75) is 44.8 Å². The maximum absolute atomic E-state index is 13.1. The van der Waals surface area contributed by atoms with Gasteiger partial charge in [0.2, 0.25) is 16.0 Å². The van der Waals surface area contributed by atoms with Crippen molar-refractivity contribution in [2.24, 2.45) is 4.99 Å². The van der Waals surface area contributed by atoms with E-state index in [0.717, 1.165) is 35.6 Å². The van der Waals surface area contributed by atoms with E-state index in [1.165, 1.54) is 6.92 Å². The summed E-state index contributed by atoms with van der Waals surface area (Å²) in [5, 5.41) is 22.4. The molecule has 3 aromatic rings. The molecule has 0 spiro atoms. The minimum atomic E-state index is -4.50. The number of aryl methyl sites for hydroxylation is 1. The van der Waals surface area contributed by atoms with Crippen molar-refractivity contribution in [2.75, 3.05) is 23.3 Å². The van der Waals surface area contributed by atoms with Crippen LogP contribution in [0.2, 0.25) is 0 Å². The van der Waals surface area contributed by atoms with Crippen LogP contribution < -0.4 is 15.5 Å². The van der Waals surface area contributed by atoms with Crippen molar-refractivity contribution in [3.63, 3.8) is 0 Å². The molecule has 1 aliphatic rings. The molecule has 1 atom stereocenters. The highest BCUT2D eigenvalue weighted by Gasteiger charge is 2.31. The lowest BCUT2D eigenvalue weighted by Crippen LogP contribution is -2.23. The summed E-state index contributed by atoms with van der Waals surface area (Å²) in [5.41, 5.74) is 0.250. The zero-order chi connectivity index (χ0) is 30.1. The molecule has 0 saturated carbocycles. The monoisotopic (exact) mass is 599 g/mol. The average Bonchev–Trinajstić information content (AvgIpc) is 3.64. The van der Waals surface area contributed by atoms with Crippen LogP contribution in [0.25, 0.3) is 0 Å². The number of pyridine rings is 1. The van der Waals surface area contributed by atoms with Crippen LogP contribution in [0.5, 0.6) is 0 Å². The smallest absolute Gasteiger partial charge is 0.346 e. The second-order valence-corrected chi connectivity index (χ2v) is 10.3. The first-order chi connectivity index (χ1) is 20.1. The molecule has 2 N–H and O–H groups in total. The van der Waals surface area contributed by atoms with E-state index >= 15 is 0 Å². The molecule has 0 aromatic carbocycles. The van der Waals surface area contributed by atoms with Crippen LogP contribution in [0.15, 0.2) is 53.7 Å². The van der Waals surface area contributed by atoms with E-state index in [9.17, 15) is 22.8 Å². The van der Waals surface area contributed by atoms with Crippen molar-refractivity contribution >= 4 is 40.8 Å². The molecule has 4 rings (SSSR count). The van der Waals surface area contributed by atoms with Crippen LogP contribution in [0.4, 0.5) is 24.1 Å². The van der Waals surface area contributed by atoms with Gasteiger partial charge in [-0.05, 0) is 56.8 Å². The number of rotatable bonds is 11. The fourth-order valence-corrected chi connectivity index (χ4v) is 4.98. The number of nitrogens with one attached hydrogen (secondary N) is 2. The van der Waals surface area contributed by atoms with Crippen LogP contribution >= 0.6 is 11.3 Å². The number of halogens is 3. The minimum Gasteiger partial charge on any atom is -0.346 e. The van der Waals surface area contributed by atoms with Gasteiger partial charge in [0.1, 0.15) is 0 Å². The lowest BCUT2D eigenvalue weighted by molar-refractivity contribution is -0.137. The minimum absolute atomic E-state index is 0.0712. The Morgan fingerprint density at radius 2 is 2.02 bits per heavy atom. The number of carbonyl (C=O) groups excluding carboxylic acids is 2. The molecule has 3 aromatic heterocycles. The third-order valence-corrected chi connectivity index (χ3v) is 7.16. The van der Waals surface area contributed by atoms with Crippen molar-refractivity contribution < 1.29 is 22.8 Å². The van der Waals surface area contributed by atoms with E-state index in [-0.39, 0.29) is 34.8 Å². The summed E-state index contributed by atoms with van der Waals surface area (Å²) in [6.07, 6.45) is 4.08. The summed E-state index contributed by atoms with van der Waals surface area (Å²) in [7, 11) is 0. The molecule has 0 aliphatic carbocycles. The van der Waals surface area contributed by atoms with E-state index in [2.05, 4.69) is 47.7 Å². The SMILES string of the molecule is C=N/C=C\C=C/CCC(=O)Nc1ccc(C2CCN(c3nnc(C(=O)NCc4cc(C(F)(F)F)cc(C)n4)s3)C2)nn1. The Balaban J connectivity index is 1.26. The second kappa shape index (κ2) is 13.9. The van der Waals surface area contributed by atoms with Gasteiger partial charge in [-0.2, -0.15) is 18.3 Å². The molecular weight excluding hydrogens is 571 g/mol. The fraction of sp³-hybridized carbons (Fsp3) is 0.333. The van der Waals surface area contributed by atoms with E-state index in [1.54, 1.807) is 24.4 Å². The number of hydrogen-bond donors (Lipinski definition) is 2. The molecule has 4 heterocycles. The van der Waals surface area contributed by atoms with E-state index < -0.39 is 17.6 Å². The molecule has 1 fully saturated rings. The van der Waals surface area contributed by atoms with E-state index in [4.69, 9.17) is 0 Å². The number of alkyl halides is 3. The average molecular weight is 600 g/mol. The lowest BCUT2D eigenvalue weighted by atomic mass is 10.1. The van der Waals surface area contributed by atoms with Gasteiger partial charge in [-0.3, -0.25) is 19.6 Å². The molecule has 2 amide bonds. The van der Waals surface area contributed by atoms with Gasteiger partial charge in [-0.25, -0.2) is 0 Å². The van der Waals surface area contributed by atoms with Crippen molar-refractivity contribution in [3.05, 3.63) is 76.3 Å². The third-order valence-electron chi connectivity index (χ3n) is 6.18. The standard InChI is InChI=1S/C27H28F3N9O2S/c1-17-13-19(27(28,29)30)14-20(33-17)15-32-24(41)25-37-38-26(42-25)39-12-10-18(16-39)21-8-9-22(36-35-21)34-23(40)7-5-3-4-6-11-31-2/h3-4,6,8-9,11,13-14,18H,2,5,7,10,12,15-16H2,1H3,(H,32,41)(H,34,36,40)/b4-3-,11-6-. The van der Waals surface area contributed by atoms with Gasteiger partial charge in [-0.15, -0.1) is 15.3 Å². The Morgan fingerprint density at radius 3 is 2.76 bits per heavy atom. The van der Waals surface area contributed by atoms with Gasteiger partial charge in [0.15, 0.2) is 5.82 Å². The van der Waals surface area contributed by atoms with Crippen molar-refractivity contribution in [3.8, 4) is 0 Å². The molecule has 1 saturated heterocycles. The number of aromatic nitrogens is 5. The second-order valence-electron chi connectivity index (χ2n) is 9.37. The predicted molar refractivity (Wildman–Crippen MR) is 152 cm³/mol. The summed E-state index contributed by atoms with van der Waals surface area (Å²) in [6.45, 7) is 5.88. The van der Waals surface area contributed by atoms with Gasteiger partial charge >= 0.3 is 6.18 Å². The van der Waals surface area contributed by atoms with Crippen molar-refractivity contribution in [1.82, 2.24) is 30.7 Å². The summed E-state index contributed by atoms with van der Waals surface area (Å²) < 4.78 is 39.2. The number of anilines is 2. The van der Waals surface area contributed by atoms with Gasteiger partial charge in [0.25, 0.3) is 5.91 Å². The summed E-state index contributed by atoms with van der Waals surface area (Å²) in [4.78, 5) is 34.3. The molecule has 1 aliphatic heterocycles. The first kappa shape index (κ1) is 30.4. The van der Waals surface area contributed by atoms with Crippen LogP contribution in [0.3, 0.4) is 0 Å². The molecule has 220 valence electrons. The quantitative estimate of drug-likeness (QED) is 0.243. The maximum Gasteiger partial charge on any atom is 0.416 e. The molecule has 15 heteroatoms. The van der Waals surface area contributed by atoms with Gasteiger partial charge in [0.05, 0.1) is 23.5 Å². The normalized spacial score (nSPS) is 15.4. The Bertz CT molecular complexity index is 1470. The van der Waals surface area contributed by atoms with Crippen LogP contribution in [0.1, 0.15) is 57.6 Å². The Hall–Kier alpha value is -4.53. The molecule has 42 heavy (non-hydrogen) atoms. The van der Waals surface area contributed by atoms with Gasteiger partial charge < -0.3 is 15.5 Å². The highest BCUT2D eigenvalue weighted by Crippen LogP contribution is 2.32. The summed E-state index contributed by atoms with van der Waals surface area (Å²) in [6, 6.07) is 5.40. The maximum atomic E-state index is 13.1. The number of nitrogens with zero attached hydrogens (tertiary/aromatic N) is 7. The zero-order valence-electron chi connectivity index (χ0n) is 22.6. The predicted octanol–water partition coefficient (Wildman–Crippen LogP) is 4.46. The first-order valence-corrected chi connectivity index (χ1v) is 13.8. The number of aliphatic imine (C=N–C) groups is 1. The van der Waals surface area contributed by atoms with Crippen molar-refractivity contribution in [1.29, 1.82) is 0 Å². The van der Waals surface area contributed by atoms with Crippen LogP contribution in [0, 0.1) is 6.92 Å². The highest BCUT2D eigenvalue weighted by molar-refractivity contribution is 7.17. The summed E-state index contributed by atoms with van der Waals surface area (Å²) >= 11 is 1.09. The number of allylic oxidation sites excluding steroid dienone is 3. The van der Waals surface area contributed by atoms with E-state index in [1.807, 2.05) is 17.0 Å². The fourth-order valence-electron chi connectivity index (χ4n) is 4.18. The summed E-state index contributed by atoms with van der Waals surface area (Å²) in [5.74, 6) is -0.278. The number of amides is 2. The molecule has 1 unspecified atom stereocenters. The molecule has 0 bridgehead atoms. The van der Waals surface area contributed by atoms with E-state index in [0.29, 0.717) is 36.9 Å². The van der Waals surface area contributed by atoms with Gasteiger partial charge in [0, 0.05) is 37.3 Å². The highest BCUT2D eigenvalue weighted by atomic mass is 32.1. The van der Waals surface area contributed by atoms with Crippen LogP contribution in [-0.2, 0) is 17.5 Å². The largest absolute Gasteiger partial charge is 0.416 e. The van der Waals surface area contributed by atoms with Gasteiger partial charge in [-0.1, -0.05) is 23.5 Å². The molecule has 0 radical (unpaired) electrons. The first-order valence-electron chi connectivity index (χ1n) is 12.9. The molecule has 11 nitrogen and oxygen atoms in total. The lowest BCUT2D eigenvalue weighted by Gasteiger charge is -2.14. The topological polar surface area (TPSA) is 138 Å². The Labute approximate surface area is 243 Å². The molecular formula is C27H28F3N9O2S. The van der Waals surface area contributed by atoms with Crippen LogP contribution in [-0.4, -0.2) is 57.0 Å². The Morgan fingerprint density at radius 1 is 1.19 bits per heavy atom.